The Bertz CT molecular complexity index is 785. The average Bonchev–Trinajstić information content (AvgIpc) is 3.20. The van der Waals surface area contributed by atoms with Gasteiger partial charge in [0.1, 0.15) is 5.75 Å². The van der Waals surface area contributed by atoms with Crippen LogP contribution in [0, 0.1) is 0 Å². The van der Waals surface area contributed by atoms with E-state index < -0.39 is 6.10 Å². The molecule has 1 saturated heterocycles. The van der Waals surface area contributed by atoms with Crippen molar-refractivity contribution >= 4 is 5.91 Å². The first-order valence-electron chi connectivity index (χ1n) is 10.7. The molecule has 0 unspecified atom stereocenters. The van der Waals surface area contributed by atoms with Gasteiger partial charge in [-0.1, -0.05) is 57.2 Å². The summed E-state index contributed by atoms with van der Waals surface area (Å²) >= 11 is 0. The van der Waals surface area contributed by atoms with Crippen molar-refractivity contribution in [1.29, 1.82) is 0 Å². The standard InChI is InChI=1S/C25H34N2O2/c1-19(29-23-13-11-22(12-14-23)25(2,3)4)24(28)26-17-20-7-9-21(10-8-20)18-27-15-5-6-16-27/h7-14,19H,5-6,15-18H2,1-4H3,(H,26,28)/t19-/m0/s1. The quantitative estimate of drug-likeness (QED) is 0.742. The minimum Gasteiger partial charge on any atom is -0.481 e. The van der Waals surface area contributed by atoms with Crippen LogP contribution in [-0.2, 0) is 23.3 Å². The van der Waals surface area contributed by atoms with Gasteiger partial charge in [0.25, 0.3) is 5.91 Å². The van der Waals surface area contributed by atoms with Gasteiger partial charge in [-0.2, -0.15) is 0 Å². The molecule has 1 aliphatic rings. The van der Waals surface area contributed by atoms with Gasteiger partial charge >= 0.3 is 0 Å². The second kappa shape index (κ2) is 9.45. The second-order valence-corrected chi connectivity index (χ2v) is 9.05. The molecule has 1 atom stereocenters. The van der Waals surface area contributed by atoms with Gasteiger partial charge in [0.15, 0.2) is 6.10 Å². The van der Waals surface area contributed by atoms with Crippen molar-refractivity contribution in [2.24, 2.45) is 0 Å². The minimum absolute atomic E-state index is 0.103. The number of nitrogens with zero attached hydrogens (tertiary/aromatic N) is 1. The maximum atomic E-state index is 12.4. The van der Waals surface area contributed by atoms with E-state index in [-0.39, 0.29) is 11.3 Å². The van der Waals surface area contributed by atoms with Gasteiger partial charge in [-0.05, 0) is 67.1 Å². The van der Waals surface area contributed by atoms with Crippen LogP contribution >= 0.6 is 0 Å². The van der Waals surface area contributed by atoms with Gasteiger partial charge in [-0.25, -0.2) is 0 Å². The van der Waals surface area contributed by atoms with Crippen molar-refractivity contribution in [2.45, 2.75) is 65.1 Å². The first-order chi connectivity index (χ1) is 13.8. The van der Waals surface area contributed by atoms with E-state index in [2.05, 4.69) is 67.4 Å². The molecule has 4 nitrogen and oxygen atoms in total. The zero-order valence-corrected chi connectivity index (χ0v) is 18.2. The molecular weight excluding hydrogens is 360 g/mol. The largest absolute Gasteiger partial charge is 0.481 e. The summed E-state index contributed by atoms with van der Waals surface area (Å²) in [5.74, 6) is 0.609. The maximum absolute atomic E-state index is 12.4. The number of likely N-dealkylation sites (tertiary alicyclic amines) is 1. The molecule has 0 aromatic heterocycles. The summed E-state index contributed by atoms with van der Waals surface area (Å²) in [5, 5.41) is 2.97. The van der Waals surface area contributed by atoms with Crippen molar-refractivity contribution in [3.63, 3.8) is 0 Å². The topological polar surface area (TPSA) is 41.6 Å². The predicted molar refractivity (Wildman–Crippen MR) is 118 cm³/mol. The van der Waals surface area contributed by atoms with E-state index >= 15 is 0 Å². The molecule has 29 heavy (non-hydrogen) atoms. The Morgan fingerprint density at radius 2 is 1.59 bits per heavy atom. The van der Waals surface area contributed by atoms with Gasteiger partial charge in [0.2, 0.25) is 0 Å². The predicted octanol–water partition coefficient (Wildman–Crippen LogP) is 4.66. The van der Waals surface area contributed by atoms with Crippen molar-refractivity contribution in [3.8, 4) is 5.75 Å². The Hall–Kier alpha value is -2.33. The average molecular weight is 395 g/mol. The number of carbonyl (C=O) groups excluding carboxylic acids is 1. The second-order valence-electron chi connectivity index (χ2n) is 9.05. The summed E-state index contributed by atoms with van der Waals surface area (Å²) in [4.78, 5) is 14.9. The number of nitrogens with one attached hydrogen (secondary N) is 1. The lowest BCUT2D eigenvalue weighted by Gasteiger charge is -2.20. The zero-order chi connectivity index (χ0) is 20.9. The molecule has 0 spiro atoms. The highest BCUT2D eigenvalue weighted by molar-refractivity contribution is 5.80. The monoisotopic (exact) mass is 394 g/mol. The van der Waals surface area contributed by atoms with Crippen LogP contribution in [0.2, 0.25) is 0 Å². The summed E-state index contributed by atoms with van der Waals surface area (Å²) in [6, 6.07) is 16.5. The summed E-state index contributed by atoms with van der Waals surface area (Å²) in [6.07, 6.45) is 2.08. The summed E-state index contributed by atoms with van der Waals surface area (Å²) in [5.41, 5.74) is 3.78. The van der Waals surface area contributed by atoms with Crippen molar-refractivity contribution < 1.29 is 9.53 Å². The molecule has 3 rings (SSSR count). The van der Waals surface area contributed by atoms with E-state index in [9.17, 15) is 4.79 Å². The highest BCUT2D eigenvalue weighted by Gasteiger charge is 2.17. The van der Waals surface area contributed by atoms with Crippen molar-refractivity contribution in [3.05, 3.63) is 65.2 Å². The van der Waals surface area contributed by atoms with E-state index in [1.165, 1.54) is 37.1 Å². The number of amides is 1. The van der Waals surface area contributed by atoms with Gasteiger partial charge < -0.3 is 10.1 Å². The van der Waals surface area contributed by atoms with Crippen LogP contribution in [0.15, 0.2) is 48.5 Å². The van der Waals surface area contributed by atoms with Crippen molar-refractivity contribution in [1.82, 2.24) is 10.2 Å². The summed E-state index contributed by atoms with van der Waals surface area (Å²) in [6.45, 7) is 12.3. The Labute approximate surface area is 175 Å². The molecule has 2 aromatic carbocycles. The fourth-order valence-corrected chi connectivity index (χ4v) is 3.59. The molecule has 1 fully saturated rings. The lowest BCUT2D eigenvalue weighted by Crippen LogP contribution is -2.35. The van der Waals surface area contributed by atoms with Gasteiger partial charge in [-0.3, -0.25) is 9.69 Å². The van der Waals surface area contributed by atoms with Gasteiger partial charge in [0, 0.05) is 13.1 Å². The van der Waals surface area contributed by atoms with Gasteiger partial charge in [-0.15, -0.1) is 0 Å². The van der Waals surface area contributed by atoms with Crippen LogP contribution < -0.4 is 10.1 Å². The molecule has 0 aliphatic carbocycles. The Morgan fingerprint density at radius 3 is 2.17 bits per heavy atom. The molecule has 156 valence electrons. The smallest absolute Gasteiger partial charge is 0.261 e. The van der Waals surface area contributed by atoms with Crippen LogP contribution in [-0.4, -0.2) is 30.0 Å². The minimum atomic E-state index is -0.537. The third-order valence-electron chi connectivity index (χ3n) is 5.50. The SMILES string of the molecule is C[C@H](Oc1ccc(C(C)(C)C)cc1)C(=O)NCc1ccc(CN2CCCC2)cc1. The van der Waals surface area contributed by atoms with E-state index in [0.29, 0.717) is 12.3 Å². The Morgan fingerprint density at radius 1 is 1.00 bits per heavy atom. The third kappa shape index (κ3) is 6.33. The molecule has 1 N–H and O–H groups in total. The highest BCUT2D eigenvalue weighted by atomic mass is 16.5. The van der Waals surface area contributed by atoms with Crippen LogP contribution in [0.1, 0.15) is 57.2 Å². The fraction of sp³-hybridized carbons (Fsp3) is 0.480. The third-order valence-corrected chi connectivity index (χ3v) is 5.50. The first-order valence-corrected chi connectivity index (χ1v) is 10.7. The van der Waals surface area contributed by atoms with Crippen molar-refractivity contribution in [2.75, 3.05) is 13.1 Å². The van der Waals surface area contributed by atoms with E-state index in [0.717, 1.165) is 12.1 Å². The van der Waals surface area contributed by atoms with E-state index in [1.54, 1.807) is 6.92 Å². The van der Waals surface area contributed by atoms with E-state index in [4.69, 9.17) is 4.74 Å². The summed E-state index contributed by atoms with van der Waals surface area (Å²) in [7, 11) is 0. The van der Waals surface area contributed by atoms with Crippen LogP contribution in [0.5, 0.6) is 5.75 Å². The maximum Gasteiger partial charge on any atom is 0.261 e. The fourth-order valence-electron chi connectivity index (χ4n) is 3.59. The molecule has 0 saturated carbocycles. The highest BCUT2D eigenvalue weighted by Crippen LogP contribution is 2.24. The van der Waals surface area contributed by atoms with Crippen LogP contribution in [0.3, 0.4) is 0 Å². The number of hydrogen-bond donors (Lipinski definition) is 1. The normalized spacial score (nSPS) is 15.9. The first kappa shape index (κ1) is 21.4. The number of rotatable bonds is 7. The molecule has 1 aliphatic heterocycles. The molecule has 4 heteroatoms. The zero-order valence-electron chi connectivity index (χ0n) is 18.2. The van der Waals surface area contributed by atoms with Crippen LogP contribution in [0.4, 0.5) is 0 Å². The molecule has 2 aromatic rings. The number of hydrogen-bond acceptors (Lipinski definition) is 3. The number of ether oxygens (including phenoxy) is 1. The lowest BCUT2D eigenvalue weighted by atomic mass is 9.87. The van der Waals surface area contributed by atoms with Gasteiger partial charge in [0.05, 0.1) is 0 Å². The Balaban J connectivity index is 1.45. The molecule has 1 heterocycles. The molecular formula is C25H34N2O2. The molecule has 1 amide bonds. The summed E-state index contributed by atoms with van der Waals surface area (Å²) < 4.78 is 5.81. The molecule has 0 bridgehead atoms. The Kier molecular flexibility index (Phi) is 6.96. The van der Waals surface area contributed by atoms with E-state index in [1.807, 2.05) is 12.1 Å². The molecule has 0 radical (unpaired) electrons. The van der Waals surface area contributed by atoms with Crippen LogP contribution in [0.25, 0.3) is 0 Å². The number of benzene rings is 2. The number of carbonyl (C=O) groups is 1. The lowest BCUT2D eigenvalue weighted by molar-refractivity contribution is -0.127.